The maximum absolute atomic E-state index is 13.1. The highest BCUT2D eigenvalue weighted by Crippen LogP contribution is 2.20. The molecule has 0 fully saturated rings. The normalized spacial score (nSPS) is 11.1. The van der Waals surface area contributed by atoms with Crippen molar-refractivity contribution in [2.45, 2.75) is 26.7 Å². The number of aromatic nitrogens is 2. The average molecular weight is 416 g/mol. The van der Waals surface area contributed by atoms with Gasteiger partial charge in [0, 0.05) is 30.1 Å². The van der Waals surface area contributed by atoms with Crippen LogP contribution < -0.4 is 0 Å². The molecule has 0 radical (unpaired) electrons. The topological polar surface area (TPSA) is 59.2 Å². The van der Waals surface area contributed by atoms with E-state index in [1.807, 2.05) is 12.1 Å². The van der Waals surface area contributed by atoms with E-state index in [9.17, 15) is 9.18 Å². The van der Waals surface area contributed by atoms with Crippen LogP contribution in [-0.2, 0) is 17.6 Å². The third-order valence-corrected chi connectivity index (χ3v) is 4.59. The van der Waals surface area contributed by atoms with Crippen molar-refractivity contribution in [3.63, 3.8) is 0 Å². The molecular weight excluding hydrogens is 393 g/mol. The summed E-state index contributed by atoms with van der Waals surface area (Å²) in [5, 5.41) is 4.60. The summed E-state index contributed by atoms with van der Waals surface area (Å²) in [5.74, 6) is 0.919. The number of carbonyl (C=O) groups excluding carboxylic acids is 1. The zero-order chi connectivity index (χ0) is 20.8. The van der Waals surface area contributed by atoms with E-state index in [1.54, 1.807) is 29.2 Å². The van der Waals surface area contributed by atoms with Gasteiger partial charge in [0.2, 0.25) is 17.6 Å². The number of carbonyl (C=O) groups is 1. The molecule has 5 nitrogen and oxygen atoms in total. The molecule has 1 aromatic heterocycles. The lowest BCUT2D eigenvalue weighted by molar-refractivity contribution is -0.131. The van der Waals surface area contributed by atoms with Crippen molar-refractivity contribution in [1.29, 1.82) is 0 Å². The molecule has 152 valence electrons. The van der Waals surface area contributed by atoms with Crippen molar-refractivity contribution >= 4 is 17.5 Å². The van der Waals surface area contributed by atoms with Gasteiger partial charge in [0.05, 0.1) is 6.42 Å². The Morgan fingerprint density at radius 1 is 1.21 bits per heavy atom. The Balaban J connectivity index is 1.64. The van der Waals surface area contributed by atoms with Gasteiger partial charge in [0.1, 0.15) is 5.82 Å². The van der Waals surface area contributed by atoms with Crippen LogP contribution in [0.25, 0.3) is 11.4 Å². The second-order valence-electron chi connectivity index (χ2n) is 7.31. The Bertz CT molecular complexity index is 957. The molecule has 7 heteroatoms. The molecule has 0 spiro atoms. The molecule has 1 amide bonds. The van der Waals surface area contributed by atoms with E-state index in [2.05, 4.69) is 24.0 Å². The lowest BCUT2D eigenvalue weighted by Gasteiger charge is -2.24. The molecule has 0 bridgehead atoms. The first-order valence-corrected chi connectivity index (χ1v) is 9.89. The fourth-order valence-corrected chi connectivity index (χ4v) is 3.17. The van der Waals surface area contributed by atoms with Gasteiger partial charge >= 0.3 is 0 Å². The summed E-state index contributed by atoms with van der Waals surface area (Å²) < 4.78 is 18.4. The number of hydrogen-bond acceptors (Lipinski definition) is 4. The molecule has 2 aromatic carbocycles. The van der Waals surface area contributed by atoms with Gasteiger partial charge in [-0.05, 0) is 35.7 Å². The smallest absolute Gasteiger partial charge is 0.228 e. The third-order valence-electron chi connectivity index (χ3n) is 4.35. The first-order valence-electron chi connectivity index (χ1n) is 9.51. The summed E-state index contributed by atoms with van der Waals surface area (Å²) in [6, 6.07) is 13.2. The molecule has 3 aromatic rings. The molecule has 0 aliphatic rings. The maximum atomic E-state index is 13.1. The van der Waals surface area contributed by atoms with E-state index >= 15 is 0 Å². The van der Waals surface area contributed by atoms with Crippen molar-refractivity contribution < 1.29 is 13.7 Å². The monoisotopic (exact) mass is 415 g/mol. The van der Waals surface area contributed by atoms with E-state index in [1.165, 1.54) is 12.1 Å². The molecule has 0 aliphatic carbocycles. The van der Waals surface area contributed by atoms with Gasteiger partial charge in [-0.2, -0.15) is 4.98 Å². The lowest BCUT2D eigenvalue weighted by atomic mass is 10.1. The van der Waals surface area contributed by atoms with Crippen LogP contribution in [-0.4, -0.2) is 34.0 Å². The molecule has 3 rings (SSSR count). The summed E-state index contributed by atoms with van der Waals surface area (Å²) in [4.78, 5) is 19.0. The fourth-order valence-electron chi connectivity index (χ4n) is 2.98. The number of benzene rings is 2. The van der Waals surface area contributed by atoms with Crippen molar-refractivity contribution in [2.24, 2.45) is 5.92 Å². The number of rotatable bonds is 8. The van der Waals surface area contributed by atoms with Crippen LogP contribution in [0.2, 0.25) is 5.02 Å². The molecule has 0 unspecified atom stereocenters. The van der Waals surface area contributed by atoms with Gasteiger partial charge < -0.3 is 9.42 Å². The van der Waals surface area contributed by atoms with Crippen molar-refractivity contribution in [1.82, 2.24) is 15.0 Å². The number of nitrogens with zero attached hydrogens (tertiary/aromatic N) is 3. The Morgan fingerprint density at radius 2 is 1.97 bits per heavy atom. The minimum Gasteiger partial charge on any atom is -0.342 e. The minimum atomic E-state index is -0.313. The fraction of sp³-hybridized carbons (Fsp3) is 0.318. The molecular formula is C22H23ClFN3O2. The average Bonchev–Trinajstić information content (AvgIpc) is 3.15. The van der Waals surface area contributed by atoms with Crippen molar-refractivity contribution in [3.8, 4) is 11.4 Å². The van der Waals surface area contributed by atoms with Gasteiger partial charge in [0.25, 0.3) is 0 Å². The highest BCUT2D eigenvalue weighted by atomic mass is 35.5. The van der Waals surface area contributed by atoms with E-state index < -0.39 is 0 Å². The zero-order valence-electron chi connectivity index (χ0n) is 16.4. The second kappa shape index (κ2) is 9.65. The molecule has 0 atom stereocenters. The standard InChI is InChI=1S/C22H23ClFN3O2/c1-15(2)14-27(21(28)12-16-6-8-19(24)9-7-16)11-10-20-25-22(26-29-20)17-4-3-5-18(23)13-17/h3-9,13,15H,10-12,14H2,1-2H3. The molecule has 0 saturated carbocycles. The first-order chi connectivity index (χ1) is 13.9. The van der Waals surface area contributed by atoms with Crippen molar-refractivity contribution in [2.75, 3.05) is 13.1 Å². The van der Waals surface area contributed by atoms with Crippen LogP contribution in [0.1, 0.15) is 25.3 Å². The van der Waals surface area contributed by atoms with E-state index in [0.29, 0.717) is 42.2 Å². The van der Waals surface area contributed by atoms with E-state index in [0.717, 1.165) is 11.1 Å². The molecule has 1 heterocycles. The summed E-state index contributed by atoms with van der Waals surface area (Å²) in [6.07, 6.45) is 0.681. The Labute approximate surface area is 174 Å². The number of halogens is 2. The van der Waals surface area contributed by atoms with Crippen LogP contribution in [0.4, 0.5) is 4.39 Å². The zero-order valence-corrected chi connectivity index (χ0v) is 17.2. The van der Waals surface area contributed by atoms with Gasteiger partial charge in [-0.3, -0.25) is 4.79 Å². The predicted molar refractivity (Wildman–Crippen MR) is 110 cm³/mol. The quantitative estimate of drug-likeness (QED) is 0.530. The van der Waals surface area contributed by atoms with E-state index in [-0.39, 0.29) is 18.1 Å². The van der Waals surface area contributed by atoms with Crippen molar-refractivity contribution in [3.05, 3.63) is 70.8 Å². The molecule has 0 aliphatic heterocycles. The molecule has 29 heavy (non-hydrogen) atoms. The Hall–Kier alpha value is -2.73. The maximum Gasteiger partial charge on any atom is 0.228 e. The van der Waals surface area contributed by atoms with Crippen LogP contribution >= 0.6 is 11.6 Å². The van der Waals surface area contributed by atoms with Gasteiger partial charge in [-0.25, -0.2) is 4.39 Å². The Kier molecular flexibility index (Phi) is 6.99. The minimum absolute atomic E-state index is 0.0140. The summed E-state index contributed by atoms with van der Waals surface area (Å²) >= 11 is 6.01. The second-order valence-corrected chi connectivity index (χ2v) is 7.75. The highest BCUT2D eigenvalue weighted by molar-refractivity contribution is 6.30. The SMILES string of the molecule is CC(C)CN(CCc1nc(-c2cccc(Cl)c2)no1)C(=O)Cc1ccc(F)cc1. The summed E-state index contributed by atoms with van der Waals surface area (Å²) in [5.41, 5.74) is 1.56. The Morgan fingerprint density at radius 3 is 2.66 bits per heavy atom. The van der Waals surface area contributed by atoms with Crippen LogP contribution in [0, 0.1) is 11.7 Å². The molecule has 0 N–H and O–H groups in total. The highest BCUT2D eigenvalue weighted by Gasteiger charge is 2.17. The summed E-state index contributed by atoms with van der Waals surface area (Å²) in [6.45, 7) is 5.20. The largest absolute Gasteiger partial charge is 0.342 e. The third kappa shape index (κ3) is 6.12. The van der Waals surface area contributed by atoms with Crippen LogP contribution in [0.5, 0.6) is 0 Å². The van der Waals surface area contributed by atoms with Gasteiger partial charge in [-0.1, -0.05) is 54.9 Å². The number of amides is 1. The van der Waals surface area contributed by atoms with Crippen LogP contribution in [0.15, 0.2) is 53.1 Å². The van der Waals surface area contributed by atoms with Crippen LogP contribution in [0.3, 0.4) is 0 Å². The molecule has 0 saturated heterocycles. The lowest BCUT2D eigenvalue weighted by Crippen LogP contribution is -2.37. The summed E-state index contributed by atoms with van der Waals surface area (Å²) in [7, 11) is 0. The first kappa shape index (κ1) is 21.0. The van der Waals surface area contributed by atoms with E-state index in [4.69, 9.17) is 16.1 Å². The number of hydrogen-bond donors (Lipinski definition) is 0. The van der Waals surface area contributed by atoms with Gasteiger partial charge in [0.15, 0.2) is 0 Å². The predicted octanol–water partition coefficient (Wildman–Crippen LogP) is 4.80. The van der Waals surface area contributed by atoms with Gasteiger partial charge in [-0.15, -0.1) is 0 Å².